The van der Waals surface area contributed by atoms with Crippen LogP contribution >= 0.6 is 0 Å². The number of alkyl halides is 3. The Labute approximate surface area is 99.3 Å². The SMILES string of the molecule is Cc1nnc(-c2ccc(C(F)(F)F)c(O)c2)nn1. The number of aromatic nitrogens is 4. The summed E-state index contributed by atoms with van der Waals surface area (Å²) in [6, 6.07) is 2.83. The molecule has 8 heteroatoms. The zero-order valence-electron chi connectivity index (χ0n) is 9.10. The van der Waals surface area contributed by atoms with Crippen LogP contribution in [0.3, 0.4) is 0 Å². The van der Waals surface area contributed by atoms with E-state index >= 15 is 0 Å². The first-order valence-corrected chi connectivity index (χ1v) is 4.82. The van der Waals surface area contributed by atoms with Crippen molar-refractivity contribution in [2.75, 3.05) is 0 Å². The van der Waals surface area contributed by atoms with Gasteiger partial charge in [0.2, 0.25) is 5.82 Å². The minimum atomic E-state index is -4.60. The summed E-state index contributed by atoms with van der Waals surface area (Å²) < 4.78 is 37.3. The summed E-state index contributed by atoms with van der Waals surface area (Å²) in [6.07, 6.45) is -4.60. The molecule has 0 aliphatic rings. The van der Waals surface area contributed by atoms with Gasteiger partial charge >= 0.3 is 6.18 Å². The molecule has 1 aromatic heterocycles. The molecule has 0 unspecified atom stereocenters. The number of aryl methyl sites for hydroxylation is 1. The van der Waals surface area contributed by atoms with Crippen LogP contribution in [0.5, 0.6) is 5.75 Å². The lowest BCUT2D eigenvalue weighted by molar-refractivity contribution is -0.138. The number of hydrogen-bond acceptors (Lipinski definition) is 5. The summed E-state index contributed by atoms with van der Waals surface area (Å²) in [7, 11) is 0. The number of phenolic OH excluding ortho intramolecular Hbond substituents is 1. The number of benzene rings is 1. The van der Waals surface area contributed by atoms with E-state index in [9.17, 15) is 18.3 Å². The van der Waals surface area contributed by atoms with Gasteiger partial charge in [0, 0.05) is 5.56 Å². The van der Waals surface area contributed by atoms with Gasteiger partial charge in [-0.2, -0.15) is 13.2 Å². The molecule has 0 saturated carbocycles. The Bertz CT molecular complexity index is 568. The average Bonchev–Trinajstić information content (AvgIpc) is 2.28. The molecule has 0 atom stereocenters. The maximum atomic E-state index is 12.4. The van der Waals surface area contributed by atoms with Crippen molar-refractivity contribution in [3.8, 4) is 17.1 Å². The number of hydrogen-bond donors (Lipinski definition) is 1. The number of phenols is 1. The predicted octanol–water partition coefficient (Wildman–Crippen LogP) is 1.97. The van der Waals surface area contributed by atoms with Gasteiger partial charge in [0.15, 0.2) is 5.82 Å². The maximum Gasteiger partial charge on any atom is 0.419 e. The summed E-state index contributed by atoms with van der Waals surface area (Å²) in [5.41, 5.74) is -0.903. The van der Waals surface area contributed by atoms with E-state index in [4.69, 9.17) is 0 Å². The van der Waals surface area contributed by atoms with Crippen molar-refractivity contribution in [2.45, 2.75) is 13.1 Å². The van der Waals surface area contributed by atoms with E-state index in [0.29, 0.717) is 5.82 Å². The van der Waals surface area contributed by atoms with Crippen LogP contribution in [0.2, 0.25) is 0 Å². The smallest absolute Gasteiger partial charge is 0.419 e. The Morgan fingerprint density at radius 2 is 1.67 bits per heavy atom. The fraction of sp³-hybridized carbons (Fsp3) is 0.200. The van der Waals surface area contributed by atoms with Crippen LogP contribution in [0, 0.1) is 6.92 Å². The molecule has 1 heterocycles. The third kappa shape index (κ3) is 2.36. The van der Waals surface area contributed by atoms with Gasteiger partial charge in [-0.1, -0.05) is 6.07 Å². The summed E-state index contributed by atoms with van der Waals surface area (Å²) in [4.78, 5) is 0. The van der Waals surface area contributed by atoms with Crippen LogP contribution in [0.4, 0.5) is 13.2 Å². The second-order valence-electron chi connectivity index (χ2n) is 3.50. The topological polar surface area (TPSA) is 71.8 Å². The van der Waals surface area contributed by atoms with Crippen molar-refractivity contribution in [2.24, 2.45) is 0 Å². The van der Waals surface area contributed by atoms with E-state index in [0.717, 1.165) is 18.2 Å². The van der Waals surface area contributed by atoms with Gasteiger partial charge in [-0.15, -0.1) is 20.4 Å². The zero-order valence-corrected chi connectivity index (χ0v) is 9.10. The Hall–Kier alpha value is -2.25. The van der Waals surface area contributed by atoms with E-state index < -0.39 is 17.5 Å². The monoisotopic (exact) mass is 256 g/mol. The van der Waals surface area contributed by atoms with E-state index in [1.807, 2.05) is 0 Å². The highest BCUT2D eigenvalue weighted by atomic mass is 19.4. The molecule has 1 aromatic carbocycles. The maximum absolute atomic E-state index is 12.4. The fourth-order valence-electron chi connectivity index (χ4n) is 1.31. The normalized spacial score (nSPS) is 11.6. The van der Waals surface area contributed by atoms with Crippen LogP contribution in [0.1, 0.15) is 11.4 Å². The standard InChI is InChI=1S/C10H7F3N4O/c1-5-14-16-9(17-15-5)6-2-3-7(8(18)4-6)10(11,12)13/h2-4,18H,1H3. The highest BCUT2D eigenvalue weighted by molar-refractivity contribution is 5.58. The quantitative estimate of drug-likeness (QED) is 0.844. The molecule has 0 radical (unpaired) electrons. The van der Waals surface area contributed by atoms with E-state index in [1.54, 1.807) is 6.92 Å². The highest BCUT2D eigenvalue weighted by Gasteiger charge is 2.33. The molecular weight excluding hydrogens is 249 g/mol. The van der Waals surface area contributed by atoms with Gasteiger partial charge in [-0.3, -0.25) is 0 Å². The van der Waals surface area contributed by atoms with Crippen LogP contribution in [0.15, 0.2) is 18.2 Å². The molecule has 0 fully saturated rings. The molecule has 0 spiro atoms. The van der Waals surface area contributed by atoms with Gasteiger partial charge < -0.3 is 5.11 Å². The third-order valence-electron chi connectivity index (χ3n) is 2.14. The van der Waals surface area contributed by atoms with Gasteiger partial charge in [-0.05, 0) is 19.1 Å². The number of rotatable bonds is 1. The second kappa shape index (κ2) is 4.21. The van der Waals surface area contributed by atoms with Crippen molar-refractivity contribution in [1.29, 1.82) is 0 Å². The Balaban J connectivity index is 2.43. The first kappa shape index (κ1) is 12.2. The minimum Gasteiger partial charge on any atom is -0.507 e. The summed E-state index contributed by atoms with van der Waals surface area (Å²) in [5, 5.41) is 23.9. The zero-order chi connectivity index (χ0) is 13.3. The van der Waals surface area contributed by atoms with E-state index in [-0.39, 0.29) is 11.4 Å². The molecular formula is C10H7F3N4O. The fourth-order valence-corrected chi connectivity index (χ4v) is 1.31. The van der Waals surface area contributed by atoms with Crippen molar-refractivity contribution in [3.63, 3.8) is 0 Å². The highest BCUT2D eigenvalue weighted by Crippen LogP contribution is 2.37. The van der Waals surface area contributed by atoms with Gasteiger partial charge in [0.1, 0.15) is 5.75 Å². The molecule has 0 saturated heterocycles. The van der Waals surface area contributed by atoms with Crippen LogP contribution in [-0.2, 0) is 6.18 Å². The Morgan fingerprint density at radius 1 is 1.06 bits per heavy atom. The number of nitrogens with zero attached hydrogens (tertiary/aromatic N) is 4. The minimum absolute atomic E-state index is 0.0459. The van der Waals surface area contributed by atoms with Gasteiger partial charge in [0.05, 0.1) is 5.56 Å². The lowest BCUT2D eigenvalue weighted by Crippen LogP contribution is -2.05. The Morgan fingerprint density at radius 3 is 2.17 bits per heavy atom. The third-order valence-corrected chi connectivity index (χ3v) is 2.14. The second-order valence-corrected chi connectivity index (χ2v) is 3.50. The number of aromatic hydroxyl groups is 1. The summed E-state index contributed by atoms with van der Waals surface area (Å²) in [6.45, 7) is 1.58. The lowest BCUT2D eigenvalue weighted by Gasteiger charge is -2.09. The first-order chi connectivity index (χ1) is 8.38. The van der Waals surface area contributed by atoms with Crippen molar-refractivity contribution < 1.29 is 18.3 Å². The van der Waals surface area contributed by atoms with Crippen molar-refractivity contribution >= 4 is 0 Å². The van der Waals surface area contributed by atoms with Crippen LogP contribution < -0.4 is 0 Å². The first-order valence-electron chi connectivity index (χ1n) is 4.82. The Kier molecular flexibility index (Phi) is 2.85. The molecule has 94 valence electrons. The predicted molar refractivity (Wildman–Crippen MR) is 54.5 cm³/mol. The van der Waals surface area contributed by atoms with Crippen molar-refractivity contribution in [3.05, 3.63) is 29.6 Å². The summed E-state index contributed by atoms with van der Waals surface area (Å²) in [5.74, 6) is -0.497. The molecule has 18 heavy (non-hydrogen) atoms. The molecule has 5 nitrogen and oxygen atoms in total. The molecule has 0 aliphatic heterocycles. The van der Waals surface area contributed by atoms with Crippen LogP contribution in [0.25, 0.3) is 11.4 Å². The molecule has 0 bridgehead atoms. The molecule has 0 amide bonds. The summed E-state index contributed by atoms with van der Waals surface area (Å²) >= 11 is 0. The molecule has 1 N–H and O–H groups in total. The average molecular weight is 256 g/mol. The number of halogens is 3. The van der Waals surface area contributed by atoms with Crippen LogP contribution in [-0.4, -0.2) is 25.5 Å². The molecule has 0 aliphatic carbocycles. The molecule has 2 rings (SSSR count). The lowest BCUT2D eigenvalue weighted by atomic mass is 10.1. The van der Waals surface area contributed by atoms with Gasteiger partial charge in [-0.25, -0.2) is 0 Å². The van der Waals surface area contributed by atoms with Gasteiger partial charge in [0.25, 0.3) is 0 Å². The van der Waals surface area contributed by atoms with Crippen molar-refractivity contribution in [1.82, 2.24) is 20.4 Å². The molecule has 2 aromatic rings. The largest absolute Gasteiger partial charge is 0.507 e. The van der Waals surface area contributed by atoms with E-state index in [1.165, 1.54) is 0 Å². The van der Waals surface area contributed by atoms with E-state index in [2.05, 4.69) is 20.4 Å².